The number of guanidine groups is 1. The number of ether oxygens (including phenoxy) is 1. The monoisotopic (exact) mass is 433 g/mol. The van der Waals surface area contributed by atoms with Crippen LogP contribution in [0.2, 0.25) is 0 Å². The first-order chi connectivity index (χ1) is 10.2. The second-order valence-corrected chi connectivity index (χ2v) is 5.67. The maximum atomic E-state index is 5.03. The number of rotatable bonds is 5. The quantitative estimate of drug-likeness (QED) is 0.431. The SMILES string of the molecule is CN=C(NCc1ccc(OC)nc1)NCc1ncc(C)s1.I. The van der Waals surface area contributed by atoms with Crippen molar-refractivity contribution < 1.29 is 4.74 Å². The van der Waals surface area contributed by atoms with Crippen molar-refractivity contribution in [1.82, 2.24) is 20.6 Å². The van der Waals surface area contributed by atoms with Crippen molar-refractivity contribution in [3.05, 3.63) is 40.0 Å². The predicted molar refractivity (Wildman–Crippen MR) is 100 cm³/mol. The van der Waals surface area contributed by atoms with E-state index in [-0.39, 0.29) is 24.0 Å². The minimum absolute atomic E-state index is 0. The van der Waals surface area contributed by atoms with E-state index in [1.54, 1.807) is 31.7 Å². The molecule has 0 spiro atoms. The number of halogens is 1. The van der Waals surface area contributed by atoms with Crippen molar-refractivity contribution in [3.63, 3.8) is 0 Å². The largest absolute Gasteiger partial charge is 0.481 e. The van der Waals surface area contributed by atoms with E-state index in [9.17, 15) is 0 Å². The third kappa shape index (κ3) is 5.76. The molecular weight excluding hydrogens is 413 g/mol. The minimum atomic E-state index is 0. The predicted octanol–water partition coefficient (Wildman–Crippen LogP) is 2.34. The summed E-state index contributed by atoms with van der Waals surface area (Å²) in [6.45, 7) is 3.36. The van der Waals surface area contributed by atoms with E-state index in [1.807, 2.05) is 25.3 Å². The van der Waals surface area contributed by atoms with Crippen LogP contribution < -0.4 is 15.4 Å². The maximum Gasteiger partial charge on any atom is 0.212 e. The average molecular weight is 433 g/mol. The molecule has 0 aliphatic rings. The summed E-state index contributed by atoms with van der Waals surface area (Å²) in [5.74, 6) is 1.35. The molecule has 22 heavy (non-hydrogen) atoms. The minimum Gasteiger partial charge on any atom is -0.481 e. The van der Waals surface area contributed by atoms with Crippen LogP contribution in [0.1, 0.15) is 15.4 Å². The van der Waals surface area contributed by atoms with E-state index in [0.29, 0.717) is 19.0 Å². The van der Waals surface area contributed by atoms with Crippen LogP contribution in [-0.2, 0) is 13.1 Å². The Kier molecular flexibility index (Phi) is 8.10. The van der Waals surface area contributed by atoms with Crippen molar-refractivity contribution in [2.45, 2.75) is 20.0 Å². The van der Waals surface area contributed by atoms with E-state index in [4.69, 9.17) is 4.74 Å². The van der Waals surface area contributed by atoms with Gasteiger partial charge in [-0.15, -0.1) is 35.3 Å². The first-order valence-electron chi connectivity index (χ1n) is 6.56. The Morgan fingerprint density at radius 1 is 1.23 bits per heavy atom. The van der Waals surface area contributed by atoms with Gasteiger partial charge in [-0.1, -0.05) is 6.07 Å². The topological polar surface area (TPSA) is 71.4 Å². The lowest BCUT2D eigenvalue weighted by Gasteiger charge is -2.11. The van der Waals surface area contributed by atoms with Gasteiger partial charge in [0, 0.05) is 36.9 Å². The number of methoxy groups -OCH3 is 1. The van der Waals surface area contributed by atoms with Gasteiger partial charge < -0.3 is 15.4 Å². The third-order valence-electron chi connectivity index (χ3n) is 2.77. The Hall–Kier alpha value is -1.42. The van der Waals surface area contributed by atoms with E-state index in [2.05, 4.69) is 25.6 Å². The molecule has 0 atom stereocenters. The molecule has 2 aromatic heterocycles. The molecule has 6 nitrogen and oxygen atoms in total. The van der Waals surface area contributed by atoms with Gasteiger partial charge in [0.05, 0.1) is 13.7 Å². The van der Waals surface area contributed by atoms with Crippen LogP contribution >= 0.6 is 35.3 Å². The number of thiazole rings is 1. The molecule has 0 aliphatic carbocycles. The zero-order chi connectivity index (χ0) is 15.1. The zero-order valence-corrected chi connectivity index (χ0v) is 15.9. The zero-order valence-electron chi connectivity index (χ0n) is 12.8. The van der Waals surface area contributed by atoms with Gasteiger partial charge in [-0.25, -0.2) is 9.97 Å². The van der Waals surface area contributed by atoms with Gasteiger partial charge in [0.1, 0.15) is 5.01 Å². The molecule has 0 saturated carbocycles. The molecule has 2 aromatic rings. The van der Waals surface area contributed by atoms with Crippen LogP contribution in [0.3, 0.4) is 0 Å². The lowest BCUT2D eigenvalue weighted by Crippen LogP contribution is -2.36. The number of aromatic nitrogens is 2. The third-order valence-corrected chi connectivity index (χ3v) is 3.68. The molecular formula is C14H20IN5OS. The highest BCUT2D eigenvalue weighted by Crippen LogP contribution is 2.10. The highest BCUT2D eigenvalue weighted by atomic mass is 127. The van der Waals surface area contributed by atoms with E-state index in [0.717, 1.165) is 16.5 Å². The summed E-state index contributed by atoms with van der Waals surface area (Å²) in [6, 6.07) is 3.81. The summed E-state index contributed by atoms with van der Waals surface area (Å²) in [5.41, 5.74) is 1.06. The molecule has 120 valence electrons. The fourth-order valence-corrected chi connectivity index (χ4v) is 2.41. The molecule has 8 heteroatoms. The number of hydrogen-bond acceptors (Lipinski definition) is 5. The first-order valence-corrected chi connectivity index (χ1v) is 7.37. The normalized spacial score (nSPS) is 10.8. The van der Waals surface area contributed by atoms with Gasteiger partial charge >= 0.3 is 0 Å². The molecule has 0 aliphatic heterocycles. The number of nitrogens with zero attached hydrogens (tertiary/aromatic N) is 3. The van der Waals surface area contributed by atoms with Crippen molar-refractivity contribution in [3.8, 4) is 5.88 Å². The van der Waals surface area contributed by atoms with E-state index < -0.39 is 0 Å². The molecule has 0 aromatic carbocycles. The summed E-state index contributed by atoms with van der Waals surface area (Å²) in [6.07, 6.45) is 3.66. The molecule has 0 amide bonds. The highest BCUT2D eigenvalue weighted by Gasteiger charge is 2.02. The Morgan fingerprint density at radius 2 is 2.00 bits per heavy atom. The average Bonchev–Trinajstić information content (AvgIpc) is 2.93. The summed E-state index contributed by atoms with van der Waals surface area (Å²) < 4.78 is 5.03. The maximum absolute atomic E-state index is 5.03. The summed E-state index contributed by atoms with van der Waals surface area (Å²) in [5, 5.41) is 7.51. The molecule has 2 rings (SSSR count). The Balaban J connectivity index is 0.00000242. The van der Waals surface area contributed by atoms with E-state index >= 15 is 0 Å². The molecule has 0 radical (unpaired) electrons. The van der Waals surface area contributed by atoms with Crippen LogP contribution in [-0.4, -0.2) is 30.1 Å². The summed E-state index contributed by atoms with van der Waals surface area (Å²) in [4.78, 5) is 13.9. The van der Waals surface area contributed by atoms with Gasteiger partial charge in [0.2, 0.25) is 5.88 Å². The Labute approximate surface area is 151 Å². The summed E-state index contributed by atoms with van der Waals surface area (Å²) in [7, 11) is 3.35. The van der Waals surface area contributed by atoms with Crippen molar-refractivity contribution in [1.29, 1.82) is 0 Å². The molecule has 0 bridgehead atoms. The fraction of sp³-hybridized carbons (Fsp3) is 0.357. The lowest BCUT2D eigenvalue weighted by atomic mass is 10.3. The van der Waals surface area contributed by atoms with Gasteiger partial charge in [-0.2, -0.15) is 0 Å². The van der Waals surface area contributed by atoms with Crippen molar-refractivity contribution >= 4 is 41.3 Å². The van der Waals surface area contributed by atoms with E-state index in [1.165, 1.54) is 4.88 Å². The highest BCUT2D eigenvalue weighted by molar-refractivity contribution is 14.0. The number of hydrogen-bond donors (Lipinski definition) is 2. The standard InChI is InChI=1S/C14H19N5OS.HI/c1-10-6-17-13(21-10)9-19-14(15-2)18-8-11-4-5-12(20-3)16-7-11;/h4-7H,8-9H2,1-3H3,(H2,15,18,19);1H. The second-order valence-electron chi connectivity index (χ2n) is 4.35. The van der Waals surface area contributed by atoms with Crippen molar-refractivity contribution in [2.75, 3.05) is 14.2 Å². The number of aliphatic imine (C=N–C) groups is 1. The van der Waals surface area contributed by atoms with Crippen LogP contribution in [0.5, 0.6) is 5.88 Å². The fourth-order valence-electron chi connectivity index (χ4n) is 1.69. The molecule has 0 unspecified atom stereocenters. The smallest absolute Gasteiger partial charge is 0.212 e. The molecule has 0 saturated heterocycles. The molecule has 0 fully saturated rings. The van der Waals surface area contributed by atoms with Crippen LogP contribution in [0.25, 0.3) is 0 Å². The molecule has 2 heterocycles. The van der Waals surface area contributed by atoms with Gasteiger partial charge in [-0.05, 0) is 12.5 Å². The van der Waals surface area contributed by atoms with Crippen LogP contribution in [0, 0.1) is 6.92 Å². The van der Waals surface area contributed by atoms with Crippen LogP contribution in [0.4, 0.5) is 0 Å². The first kappa shape index (κ1) is 18.6. The van der Waals surface area contributed by atoms with Gasteiger partial charge in [-0.3, -0.25) is 4.99 Å². The van der Waals surface area contributed by atoms with Crippen LogP contribution in [0.15, 0.2) is 29.5 Å². The Bertz CT molecular complexity index is 600. The van der Waals surface area contributed by atoms with Gasteiger partial charge in [0.15, 0.2) is 5.96 Å². The number of pyridine rings is 1. The number of aryl methyl sites for hydroxylation is 1. The lowest BCUT2D eigenvalue weighted by molar-refractivity contribution is 0.397. The second kappa shape index (κ2) is 9.57. The Morgan fingerprint density at radius 3 is 2.55 bits per heavy atom. The van der Waals surface area contributed by atoms with Crippen molar-refractivity contribution in [2.24, 2.45) is 4.99 Å². The summed E-state index contributed by atoms with van der Waals surface area (Å²) >= 11 is 1.68. The van der Waals surface area contributed by atoms with Gasteiger partial charge in [0.25, 0.3) is 0 Å². The number of nitrogens with one attached hydrogen (secondary N) is 2. The molecule has 2 N–H and O–H groups in total.